The molecule has 4 nitrogen and oxygen atoms in total. The molecule has 1 aromatic carbocycles. The quantitative estimate of drug-likeness (QED) is 0.566. The molecule has 3 aromatic heterocycles. The molecule has 0 unspecified atom stereocenters. The fourth-order valence-electron chi connectivity index (χ4n) is 2.61. The van der Waals surface area contributed by atoms with Crippen molar-refractivity contribution in [1.82, 2.24) is 19.7 Å². The lowest BCUT2D eigenvalue weighted by atomic mass is 10.0. The van der Waals surface area contributed by atoms with Crippen molar-refractivity contribution in [3.8, 4) is 28.3 Å². The lowest BCUT2D eigenvalue weighted by Crippen LogP contribution is -1.97. The van der Waals surface area contributed by atoms with Crippen molar-refractivity contribution >= 4 is 0 Å². The van der Waals surface area contributed by atoms with Crippen LogP contribution in [0.25, 0.3) is 28.3 Å². The summed E-state index contributed by atoms with van der Waals surface area (Å²) in [6.45, 7) is 2.08. The van der Waals surface area contributed by atoms with E-state index in [1.807, 2.05) is 42.6 Å². The van der Waals surface area contributed by atoms with Gasteiger partial charge in [0.15, 0.2) is 5.82 Å². The molecule has 4 heteroatoms. The normalized spacial score (nSPS) is 10.7. The summed E-state index contributed by atoms with van der Waals surface area (Å²) in [4.78, 5) is 8.87. The molecule has 0 amide bonds. The lowest BCUT2D eigenvalue weighted by molar-refractivity contribution is 0.850. The van der Waals surface area contributed by atoms with Crippen LogP contribution in [0.5, 0.6) is 0 Å². The van der Waals surface area contributed by atoms with Gasteiger partial charge in [0.25, 0.3) is 0 Å². The number of nitrogens with zero attached hydrogens (tertiary/aromatic N) is 4. The summed E-state index contributed by atoms with van der Waals surface area (Å²) in [7, 11) is 0. The van der Waals surface area contributed by atoms with Crippen LogP contribution in [-0.2, 0) is 0 Å². The van der Waals surface area contributed by atoms with Crippen LogP contribution in [0.3, 0.4) is 0 Å². The Hall–Kier alpha value is -3.27. The fraction of sp³-hybridized carbons (Fsp3) is 0.0500. The molecular formula is C20H16N4. The minimum Gasteiger partial charge on any atom is -0.256 e. The molecular weight excluding hydrogens is 296 g/mol. The molecule has 0 atom stereocenters. The molecule has 0 N–H and O–H groups in total. The smallest absolute Gasteiger partial charge is 0.153 e. The maximum Gasteiger partial charge on any atom is 0.153 e. The summed E-state index contributed by atoms with van der Waals surface area (Å²) in [6, 6.07) is 20.1. The largest absolute Gasteiger partial charge is 0.256 e. The van der Waals surface area contributed by atoms with E-state index in [2.05, 4.69) is 41.2 Å². The summed E-state index contributed by atoms with van der Waals surface area (Å²) in [5, 5.41) is 4.77. The van der Waals surface area contributed by atoms with Gasteiger partial charge in [-0.2, -0.15) is 5.10 Å². The second kappa shape index (κ2) is 6.08. The average molecular weight is 312 g/mol. The van der Waals surface area contributed by atoms with Crippen LogP contribution in [0.1, 0.15) is 5.56 Å². The van der Waals surface area contributed by atoms with Gasteiger partial charge in [0.05, 0.1) is 5.69 Å². The maximum atomic E-state index is 4.77. The molecule has 0 radical (unpaired) electrons. The van der Waals surface area contributed by atoms with Gasteiger partial charge in [-0.1, -0.05) is 42.0 Å². The SMILES string of the molecule is Cc1ccc(-c2nn(-c3ccccn3)cc2-c2ccccn2)cc1. The molecule has 0 aliphatic carbocycles. The molecule has 0 spiro atoms. The van der Waals surface area contributed by atoms with Gasteiger partial charge in [-0.3, -0.25) is 4.98 Å². The highest BCUT2D eigenvalue weighted by Gasteiger charge is 2.15. The van der Waals surface area contributed by atoms with E-state index >= 15 is 0 Å². The lowest BCUT2D eigenvalue weighted by Gasteiger charge is -2.02. The third-order valence-electron chi connectivity index (χ3n) is 3.86. The zero-order valence-electron chi connectivity index (χ0n) is 13.3. The monoisotopic (exact) mass is 312 g/mol. The summed E-state index contributed by atoms with van der Waals surface area (Å²) >= 11 is 0. The number of aryl methyl sites for hydroxylation is 1. The molecule has 3 heterocycles. The Morgan fingerprint density at radius 1 is 0.792 bits per heavy atom. The van der Waals surface area contributed by atoms with Crippen LogP contribution in [0.2, 0.25) is 0 Å². The summed E-state index contributed by atoms with van der Waals surface area (Å²) < 4.78 is 1.80. The summed E-state index contributed by atoms with van der Waals surface area (Å²) in [5.74, 6) is 0.785. The predicted octanol–water partition coefficient (Wildman–Crippen LogP) is 4.30. The van der Waals surface area contributed by atoms with E-state index in [1.165, 1.54) is 5.56 Å². The van der Waals surface area contributed by atoms with E-state index in [-0.39, 0.29) is 0 Å². The fourth-order valence-corrected chi connectivity index (χ4v) is 2.61. The third kappa shape index (κ3) is 2.70. The minimum absolute atomic E-state index is 0.785. The number of rotatable bonds is 3. The molecule has 0 aliphatic rings. The van der Waals surface area contributed by atoms with E-state index in [0.717, 1.165) is 28.3 Å². The first kappa shape index (κ1) is 14.3. The average Bonchev–Trinajstić information content (AvgIpc) is 3.09. The van der Waals surface area contributed by atoms with Crippen LogP contribution >= 0.6 is 0 Å². The zero-order valence-corrected chi connectivity index (χ0v) is 13.3. The Morgan fingerprint density at radius 2 is 1.54 bits per heavy atom. The Kier molecular flexibility index (Phi) is 3.63. The van der Waals surface area contributed by atoms with Crippen molar-refractivity contribution in [2.45, 2.75) is 6.92 Å². The highest BCUT2D eigenvalue weighted by atomic mass is 15.3. The topological polar surface area (TPSA) is 43.6 Å². The summed E-state index contributed by atoms with van der Waals surface area (Å²) in [6.07, 6.45) is 5.55. The molecule has 0 saturated heterocycles. The molecule has 0 saturated carbocycles. The number of aromatic nitrogens is 4. The molecule has 116 valence electrons. The van der Waals surface area contributed by atoms with Gasteiger partial charge < -0.3 is 0 Å². The first-order valence-corrected chi connectivity index (χ1v) is 7.81. The maximum absolute atomic E-state index is 4.77. The van der Waals surface area contributed by atoms with Crippen LogP contribution < -0.4 is 0 Å². The molecule has 0 aliphatic heterocycles. The van der Waals surface area contributed by atoms with E-state index < -0.39 is 0 Å². The first-order chi connectivity index (χ1) is 11.8. The Bertz CT molecular complexity index is 942. The number of benzene rings is 1. The van der Waals surface area contributed by atoms with Gasteiger partial charge in [0, 0.05) is 29.7 Å². The van der Waals surface area contributed by atoms with Crippen molar-refractivity contribution in [2.24, 2.45) is 0 Å². The van der Waals surface area contributed by atoms with E-state index in [9.17, 15) is 0 Å². The molecule has 0 bridgehead atoms. The molecule has 4 rings (SSSR count). The van der Waals surface area contributed by atoms with E-state index in [4.69, 9.17) is 5.10 Å². The van der Waals surface area contributed by atoms with Crippen molar-refractivity contribution in [3.05, 3.63) is 84.8 Å². The second-order valence-corrected chi connectivity index (χ2v) is 5.60. The molecule has 24 heavy (non-hydrogen) atoms. The Balaban J connectivity index is 1.90. The highest BCUT2D eigenvalue weighted by Crippen LogP contribution is 2.30. The number of pyridine rings is 2. The highest BCUT2D eigenvalue weighted by molar-refractivity contribution is 5.79. The van der Waals surface area contributed by atoms with Crippen molar-refractivity contribution < 1.29 is 0 Å². The van der Waals surface area contributed by atoms with E-state index in [0.29, 0.717) is 0 Å². The Labute approximate surface area is 140 Å². The van der Waals surface area contributed by atoms with E-state index in [1.54, 1.807) is 17.1 Å². The predicted molar refractivity (Wildman–Crippen MR) is 94.8 cm³/mol. The zero-order chi connectivity index (χ0) is 16.4. The van der Waals surface area contributed by atoms with Crippen molar-refractivity contribution in [1.29, 1.82) is 0 Å². The van der Waals surface area contributed by atoms with Crippen LogP contribution in [-0.4, -0.2) is 19.7 Å². The van der Waals surface area contributed by atoms with Crippen LogP contribution in [0.15, 0.2) is 79.3 Å². The Morgan fingerprint density at radius 3 is 2.21 bits per heavy atom. The molecule has 4 aromatic rings. The molecule has 0 fully saturated rings. The van der Waals surface area contributed by atoms with Gasteiger partial charge in [0.1, 0.15) is 5.69 Å². The van der Waals surface area contributed by atoms with Crippen molar-refractivity contribution in [3.63, 3.8) is 0 Å². The number of hydrogen-bond donors (Lipinski definition) is 0. The van der Waals surface area contributed by atoms with Gasteiger partial charge >= 0.3 is 0 Å². The minimum atomic E-state index is 0.785. The first-order valence-electron chi connectivity index (χ1n) is 7.81. The van der Waals surface area contributed by atoms with Crippen LogP contribution in [0.4, 0.5) is 0 Å². The standard InChI is InChI=1S/C20H16N4/c1-15-8-10-16(11-9-15)20-17(18-6-2-4-12-21-18)14-24(23-20)19-7-3-5-13-22-19/h2-14H,1H3. The van der Waals surface area contributed by atoms with Gasteiger partial charge in [-0.25, -0.2) is 9.67 Å². The number of hydrogen-bond acceptors (Lipinski definition) is 3. The van der Waals surface area contributed by atoms with Gasteiger partial charge in [0.2, 0.25) is 0 Å². The van der Waals surface area contributed by atoms with Crippen LogP contribution in [0, 0.1) is 6.92 Å². The third-order valence-corrected chi connectivity index (χ3v) is 3.86. The van der Waals surface area contributed by atoms with Crippen molar-refractivity contribution in [2.75, 3.05) is 0 Å². The second-order valence-electron chi connectivity index (χ2n) is 5.60. The van der Waals surface area contributed by atoms with Gasteiger partial charge in [-0.15, -0.1) is 0 Å². The van der Waals surface area contributed by atoms with Gasteiger partial charge in [-0.05, 0) is 31.2 Å². The summed E-state index contributed by atoms with van der Waals surface area (Å²) in [5.41, 5.74) is 5.08.